The van der Waals surface area contributed by atoms with Crippen LogP contribution >= 0.6 is 0 Å². The second-order valence-electron chi connectivity index (χ2n) is 7.44. The predicted octanol–water partition coefficient (Wildman–Crippen LogP) is 3.47. The van der Waals surface area contributed by atoms with Gasteiger partial charge in [0.15, 0.2) is 0 Å². The van der Waals surface area contributed by atoms with Crippen molar-refractivity contribution < 1.29 is 9.53 Å². The minimum Gasteiger partial charge on any atom is -0.497 e. The molecule has 0 radical (unpaired) electrons. The topological polar surface area (TPSA) is 75.3 Å². The zero-order valence-electron chi connectivity index (χ0n) is 17.0. The summed E-state index contributed by atoms with van der Waals surface area (Å²) in [6.07, 6.45) is 4.96. The van der Waals surface area contributed by atoms with E-state index in [2.05, 4.69) is 9.97 Å². The van der Waals surface area contributed by atoms with E-state index in [1.165, 1.54) is 0 Å². The summed E-state index contributed by atoms with van der Waals surface area (Å²) in [6, 6.07) is 8.08. The van der Waals surface area contributed by atoms with Crippen LogP contribution in [0.5, 0.6) is 5.75 Å². The molecule has 0 unspecified atom stereocenters. The van der Waals surface area contributed by atoms with Crippen LogP contribution in [0.25, 0.3) is 0 Å². The largest absolute Gasteiger partial charge is 0.497 e. The van der Waals surface area contributed by atoms with Crippen LogP contribution in [0.2, 0.25) is 0 Å². The number of hydrogen-bond donors (Lipinski definition) is 1. The first kappa shape index (κ1) is 20.1. The van der Waals surface area contributed by atoms with Gasteiger partial charge < -0.3 is 14.6 Å². The van der Waals surface area contributed by atoms with Crippen molar-refractivity contribution in [1.82, 2.24) is 14.9 Å². The molecule has 1 aliphatic heterocycles. The third kappa shape index (κ3) is 4.61. The summed E-state index contributed by atoms with van der Waals surface area (Å²) in [5.74, 6) is 1.52. The fraction of sp³-hybridized carbons (Fsp3) is 0.500. The summed E-state index contributed by atoms with van der Waals surface area (Å²) in [5.41, 5.74) is 2.31. The number of hydrogen-bond acceptors (Lipinski definition) is 4. The minimum absolute atomic E-state index is 0.0800. The number of rotatable bonds is 5. The van der Waals surface area contributed by atoms with Crippen LogP contribution in [0.15, 0.2) is 29.1 Å². The fourth-order valence-electron chi connectivity index (χ4n) is 4.00. The number of likely N-dealkylation sites (tertiary alicyclic amines) is 1. The van der Waals surface area contributed by atoms with Gasteiger partial charge in [-0.3, -0.25) is 9.59 Å². The van der Waals surface area contributed by atoms with E-state index in [1.807, 2.05) is 36.1 Å². The normalized spacial score (nSPS) is 17.2. The molecule has 0 spiro atoms. The lowest BCUT2D eigenvalue weighted by molar-refractivity contribution is -0.133. The third-order valence-corrected chi connectivity index (χ3v) is 5.50. The highest BCUT2D eigenvalue weighted by Gasteiger charge is 2.26. The van der Waals surface area contributed by atoms with Crippen molar-refractivity contribution in [2.45, 2.75) is 58.4 Å². The van der Waals surface area contributed by atoms with Crippen molar-refractivity contribution in [3.05, 3.63) is 57.3 Å². The fourth-order valence-corrected chi connectivity index (χ4v) is 4.00. The van der Waals surface area contributed by atoms with Gasteiger partial charge in [-0.1, -0.05) is 25.0 Å². The quantitative estimate of drug-likeness (QED) is 0.858. The molecule has 28 heavy (non-hydrogen) atoms. The average Bonchev–Trinajstić information content (AvgIpc) is 2.93. The molecular weight excluding hydrogens is 354 g/mol. The van der Waals surface area contributed by atoms with E-state index in [0.29, 0.717) is 29.9 Å². The SMILES string of the molecule is COc1ccc([C@@H]2CCCCCN2C(=O)CCc2c(C)nc(C)[nH]c2=O)cc1. The van der Waals surface area contributed by atoms with Gasteiger partial charge in [0.25, 0.3) is 5.56 Å². The van der Waals surface area contributed by atoms with Gasteiger partial charge in [0, 0.05) is 24.2 Å². The van der Waals surface area contributed by atoms with Gasteiger partial charge in [-0.2, -0.15) is 0 Å². The molecule has 1 saturated heterocycles. The van der Waals surface area contributed by atoms with Crippen molar-refractivity contribution in [2.24, 2.45) is 0 Å². The number of aromatic amines is 1. The van der Waals surface area contributed by atoms with Crippen LogP contribution < -0.4 is 10.3 Å². The van der Waals surface area contributed by atoms with Crippen molar-refractivity contribution in [3.63, 3.8) is 0 Å². The Balaban J connectivity index is 1.76. The zero-order valence-corrected chi connectivity index (χ0v) is 17.0. The Labute approximate surface area is 165 Å². The maximum absolute atomic E-state index is 13.1. The average molecular weight is 383 g/mol. The number of H-pyrrole nitrogens is 1. The molecule has 150 valence electrons. The Kier molecular flexibility index (Phi) is 6.49. The molecule has 6 nitrogen and oxygen atoms in total. The first-order valence-electron chi connectivity index (χ1n) is 9.99. The van der Waals surface area contributed by atoms with E-state index < -0.39 is 0 Å². The van der Waals surface area contributed by atoms with Crippen LogP contribution in [0.4, 0.5) is 0 Å². The van der Waals surface area contributed by atoms with Crippen LogP contribution in [0.3, 0.4) is 0 Å². The summed E-state index contributed by atoms with van der Waals surface area (Å²) in [6.45, 7) is 4.35. The van der Waals surface area contributed by atoms with Crippen LogP contribution in [0.1, 0.15) is 60.8 Å². The van der Waals surface area contributed by atoms with Crippen LogP contribution in [-0.2, 0) is 11.2 Å². The standard InChI is InChI=1S/C22H29N3O3/c1-15-19(22(27)24-16(2)23-15)12-13-21(26)25-14-6-4-5-7-20(25)17-8-10-18(28-3)11-9-17/h8-11,20H,4-7,12-14H2,1-3H3,(H,23,24,27)/t20-/m0/s1. The van der Waals surface area contributed by atoms with Gasteiger partial charge in [-0.25, -0.2) is 4.98 Å². The molecule has 1 aromatic carbocycles. The Morgan fingerprint density at radius 2 is 1.96 bits per heavy atom. The van der Waals surface area contributed by atoms with E-state index in [0.717, 1.165) is 43.5 Å². The van der Waals surface area contributed by atoms with Crippen molar-refractivity contribution in [3.8, 4) is 5.75 Å². The van der Waals surface area contributed by atoms with Crippen molar-refractivity contribution in [1.29, 1.82) is 0 Å². The number of methoxy groups -OCH3 is 1. The molecule has 1 atom stereocenters. The van der Waals surface area contributed by atoms with Gasteiger partial charge in [0.05, 0.1) is 13.2 Å². The highest BCUT2D eigenvalue weighted by Crippen LogP contribution is 2.31. The maximum Gasteiger partial charge on any atom is 0.254 e. The molecule has 3 rings (SSSR count). The second kappa shape index (κ2) is 9.04. The summed E-state index contributed by atoms with van der Waals surface area (Å²) >= 11 is 0. The number of amides is 1. The van der Waals surface area contributed by atoms with Gasteiger partial charge >= 0.3 is 0 Å². The molecular formula is C22H29N3O3. The first-order chi connectivity index (χ1) is 13.5. The highest BCUT2D eigenvalue weighted by atomic mass is 16.5. The Morgan fingerprint density at radius 1 is 1.21 bits per heavy atom. The molecule has 0 aliphatic carbocycles. The number of benzene rings is 1. The Morgan fingerprint density at radius 3 is 2.64 bits per heavy atom. The predicted molar refractivity (Wildman–Crippen MR) is 109 cm³/mol. The number of nitrogens with zero attached hydrogens (tertiary/aromatic N) is 2. The van der Waals surface area contributed by atoms with Crippen LogP contribution in [-0.4, -0.2) is 34.4 Å². The van der Waals surface area contributed by atoms with E-state index in [9.17, 15) is 9.59 Å². The molecule has 1 aromatic heterocycles. The Bertz CT molecular complexity index is 874. The van der Waals surface area contributed by atoms with Gasteiger partial charge in [-0.15, -0.1) is 0 Å². The van der Waals surface area contributed by atoms with Crippen LogP contribution in [0, 0.1) is 13.8 Å². The van der Waals surface area contributed by atoms with Gasteiger partial charge in [-0.05, 0) is 50.8 Å². The number of aryl methyl sites for hydroxylation is 2. The molecule has 1 fully saturated rings. The molecule has 2 aromatic rings. The highest BCUT2D eigenvalue weighted by molar-refractivity contribution is 5.77. The van der Waals surface area contributed by atoms with Crippen molar-refractivity contribution >= 4 is 5.91 Å². The first-order valence-corrected chi connectivity index (χ1v) is 9.99. The summed E-state index contributed by atoms with van der Waals surface area (Å²) in [5, 5.41) is 0. The molecule has 1 N–H and O–H groups in total. The number of carbonyl (C=O) groups is 1. The van der Waals surface area contributed by atoms with E-state index in [1.54, 1.807) is 14.0 Å². The number of nitrogens with one attached hydrogen (secondary N) is 1. The monoisotopic (exact) mass is 383 g/mol. The lowest BCUT2D eigenvalue weighted by atomic mass is 10.00. The zero-order chi connectivity index (χ0) is 20.1. The number of ether oxygens (including phenoxy) is 1. The summed E-state index contributed by atoms with van der Waals surface area (Å²) < 4.78 is 5.25. The van der Waals surface area contributed by atoms with E-state index in [4.69, 9.17) is 4.74 Å². The lowest BCUT2D eigenvalue weighted by Crippen LogP contribution is -2.35. The molecule has 6 heteroatoms. The smallest absolute Gasteiger partial charge is 0.254 e. The second-order valence-corrected chi connectivity index (χ2v) is 7.44. The molecule has 1 aliphatic rings. The Hall–Kier alpha value is -2.63. The van der Waals surface area contributed by atoms with E-state index in [-0.39, 0.29) is 17.5 Å². The van der Waals surface area contributed by atoms with Gasteiger partial charge in [0.2, 0.25) is 5.91 Å². The summed E-state index contributed by atoms with van der Waals surface area (Å²) in [7, 11) is 1.65. The minimum atomic E-state index is -0.139. The molecule has 0 bridgehead atoms. The number of carbonyl (C=O) groups excluding carboxylic acids is 1. The molecule has 2 heterocycles. The lowest BCUT2D eigenvalue weighted by Gasteiger charge is -2.31. The third-order valence-electron chi connectivity index (χ3n) is 5.50. The molecule has 1 amide bonds. The van der Waals surface area contributed by atoms with Gasteiger partial charge in [0.1, 0.15) is 11.6 Å². The number of aromatic nitrogens is 2. The maximum atomic E-state index is 13.1. The van der Waals surface area contributed by atoms with Crippen molar-refractivity contribution in [2.75, 3.05) is 13.7 Å². The van der Waals surface area contributed by atoms with E-state index >= 15 is 0 Å². The molecule has 0 saturated carbocycles. The summed E-state index contributed by atoms with van der Waals surface area (Å²) in [4.78, 5) is 34.4.